The van der Waals surface area contributed by atoms with E-state index in [-0.39, 0.29) is 29.8 Å². The van der Waals surface area contributed by atoms with Gasteiger partial charge in [0.15, 0.2) is 0 Å². The minimum atomic E-state index is -0.354. The van der Waals surface area contributed by atoms with Gasteiger partial charge >= 0.3 is 0 Å². The molecule has 3 unspecified atom stereocenters. The first-order valence-electron chi connectivity index (χ1n) is 8.26. The first kappa shape index (κ1) is 15.1. The summed E-state index contributed by atoms with van der Waals surface area (Å²) in [7, 11) is 0. The van der Waals surface area contributed by atoms with E-state index < -0.39 is 0 Å². The molecule has 1 N–H and O–H groups in total. The molecule has 4 nitrogen and oxygen atoms in total. The lowest BCUT2D eigenvalue weighted by molar-refractivity contribution is -0.152. The molecule has 2 aliphatic rings. The molecule has 1 aromatic carbocycles. The molecule has 1 aliphatic carbocycles. The van der Waals surface area contributed by atoms with E-state index in [2.05, 4.69) is 12.2 Å². The first-order valence-corrected chi connectivity index (χ1v) is 8.26. The molecule has 0 aromatic heterocycles. The molecular weight excluding hydrogens is 276 g/mol. The van der Waals surface area contributed by atoms with E-state index in [9.17, 15) is 9.59 Å². The van der Waals surface area contributed by atoms with Gasteiger partial charge in [-0.2, -0.15) is 0 Å². The van der Waals surface area contributed by atoms with Crippen LogP contribution in [0.3, 0.4) is 0 Å². The maximum Gasteiger partial charge on any atom is 0.246 e. The standard InChI is InChI=1S/C18H24N2O2/c1-3-12(2)16-17(21)19-15(14-9-10-14)18(22)20(16)11-13-7-5-4-6-8-13/h4-8,12,14-16H,3,9-11H2,1-2H3,(H,19,21). The Bertz CT molecular complexity index is 553. The molecule has 2 fully saturated rings. The molecule has 2 amide bonds. The SMILES string of the molecule is CCC(C)C1C(=O)NC(C2CC2)C(=O)N1Cc1ccccc1. The van der Waals surface area contributed by atoms with Gasteiger partial charge in [0.05, 0.1) is 0 Å². The number of amides is 2. The van der Waals surface area contributed by atoms with Crippen LogP contribution in [0.5, 0.6) is 0 Å². The van der Waals surface area contributed by atoms with Gasteiger partial charge in [-0.3, -0.25) is 9.59 Å². The van der Waals surface area contributed by atoms with E-state index in [1.54, 1.807) is 0 Å². The highest BCUT2D eigenvalue weighted by molar-refractivity contribution is 5.97. The number of nitrogens with zero attached hydrogens (tertiary/aromatic N) is 1. The Hall–Kier alpha value is -1.84. The quantitative estimate of drug-likeness (QED) is 0.907. The molecule has 3 atom stereocenters. The number of nitrogens with one attached hydrogen (secondary N) is 1. The molecular formula is C18H24N2O2. The molecule has 0 spiro atoms. The summed E-state index contributed by atoms with van der Waals surface area (Å²) in [5.74, 6) is 0.610. The molecule has 1 aliphatic heterocycles. The van der Waals surface area contributed by atoms with Crippen molar-refractivity contribution in [2.75, 3.05) is 0 Å². The molecule has 4 heteroatoms. The number of piperazine rings is 1. The van der Waals surface area contributed by atoms with Crippen LogP contribution in [0.15, 0.2) is 30.3 Å². The highest BCUT2D eigenvalue weighted by Gasteiger charge is 2.47. The van der Waals surface area contributed by atoms with E-state index in [0.717, 1.165) is 24.8 Å². The van der Waals surface area contributed by atoms with Gasteiger partial charge in [-0.25, -0.2) is 0 Å². The summed E-state index contributed by atoms with van der Waals surface area (Å²) in [6.07, 6.45) is 2.97. The zero-order valence-electron chi connectivity index (χ0n) is 13.3. The number of rotatable bonds is 5. The molecule has 1 aromatic rings. The van der Waals surface area contributed by atoms with Crippen LogP contribution < -0.4 is 5.32 Å². The minimum Gasteiger partial charge on any atom is -0.342 e. The summed E-state index contributed by atoms with van der Waals surface area (Å²) in [5.41, 5.74) is 1.08. The van der Waals surface area contributed by atoms with Crippen LogP contribution in [0.25, 0.3) is 0 Å². The van der Waals surface area contributed by atoms with E-state index in [1.807, 2.05) is 42.2 Å². The number of benzene rings is 1. The largest absolute Gasteiger partial charge is 0.342 e. The Balaban J connectivity index is 1.87. The van der Waals surface area contributed by atoms with Gasteiger partial charge in [0.25, 0.3) is 0 Å². The van der Waals surface area contributed by atoms with E-state index >= 15 is 0 Å². The Morgan fingerprint density at radius 3 is 2.50 bits per heavy atom. The normalized spacial score (nSPS) is 26.7. The Labute approximate surface area is 131 Å². The van der Waals surface area contributed by atoms with E-state index in [1.165, 1.54) is 0 Å². The Morgan fingerprint density at radius 2 is 1.91 bits per heavy atom. The van der Waals surface area contributed by atoms with Crippen molar-refractivity contribution < 1.29 is 9.59 Å². The molecule has 1 saturated carbocycles. The molecule has 1 heterocycles. The maximum atomic E-state index is 12.9. The third-order valence-corrected chi connectivity index (χ3v) is 4.92. The fraction of sp³-hybridized carbons (Fsp3) is 0.556. The van der Waals surface area contributed by atoms with Gasteiger partial charge in [0.1, 0.15) is 12.1 Å². The smallest absolute Gasteiger partial charge is 0.246 e. The van der Waals surface area contributed by atoms with Crippen LogP contribution in [0.4, 0.5) is 0 Å². The molecule has 118 valence electrons. The fourth-order valence-electron chi connectivity index (χ4n) is 3.25. The van der Waals surface area contributed by atoms with Gasteiger partial charge < -0.3 is 10.2 Å². The lowest BCUT2D eigenvalue weighted by atomic mass is 9.92. The van der Waals surface area contributed by atoms with Crippen LogP contribution in [0.2, 0.25) is 0 Å². The fourth-order valence-corrected chi connectivity index (χ4v) is 3.25. The second kappa shape index (κ2) is 6.11. The van der Waals surface area contributed by atoms with E-state index in [4.69, 9.17) is 0 Å². The predicted molar refractivity (Wildman–Crippen MR) is 84.9 cm³/mol. The van der Waals surface area contributed by atoms with Crippen molar-refractivity contribution in [3.8, 4) is 0 Å². The van der Waals surface area contributed by atoms with Crippen molar-refractivity contribution in [2.24, 2.45) is 11.8 Å². The van der Waals surface area contributed by atoms with Gasteiger partial charge in [0, 0.05) is 6.54 Å². The monoisotopic (exact) mass is 300 g/mol. The first-order chi connectivity index (χ1) is 10.6. The summed E-state index contributed by atoms with van der Waals surface area (Å²) < 4.78 is 0. The lowest BCUT2D eigenvalue weighted by Gasteiger charge is -2.41. The van der Waals surface area contributed by atoms with Crippen molar-refractivity contribution in [3.05, 3.63) is 35.9 Å². The van der Waals surface area contributed by atoms with Gasteiger partial charge in [-0.05, 0) is 30.2 Å². The number of hydrogen-bond donors (Lipinski definition) is 1. The summed E-state index contributed by atoms with van der Waals surface area (Å²) in [4.78, 5) is 27.3. The van der Waals surface area contributed by atoms with Crippen LogP contribution in [0, 0.1) is 11.8 Å². The van der Waals surface area contributed by atoms with Crippen molar-refractivity contribution in [1.82, 2.24) is 10.2 Å². The maximum absolute atomic E-state index is 12.9. The third kappa shape index (κ3) is 2.87. The van der Waals surface area contributed by atoms with Gasteiger partial charge in [-0.15, -0.1) is 0 Å². The highest BCUT2D eigenvalue weighted by atomic mass is 16.2. The average Bonchev–Trinajstić information content (AvgIpc) is 3.36. The van der Waals surface area contributed by atoms with Crippen molar-refractivity contribution >= 4 is 11.8 Å². The lowest BCUT2D eigenvalue weighted by Crippen LogP contribution is -2.65. The molecule has 0 radical (unpaired) electrons. The molecule has 3 rings (SSSR count). The van der Waals surface area contributed by atoms with Gasteiger partial charge in [0.2, 0.25) is 11.8 Å². The number of carbonyl (C=O) groups is 2. The zero-order chi connectivity index (χ0) is 15.7. The number of carbonyl (C=O) groups excluding carboxylic acids is 2. The second-order valence-electron chi connectivity index (χ2n) is 6.61. The second-order valence-corrected chi connectivity index (χ2v) is 6.61. The third-order valence-electron chi connectivity index (χ3n) is 4.92. The van der Waals surface area contributed by atoms with Crippen molar-refractivity contribution in [3.63, 3.8) is 0 Å². The highest BCUT2D eigenvalue weighted by Crippen LogP contribution is 2.36. The minimum absolute atomic E-state index is 0.0155. The topological polar surface area (TPSA) is 49.4 Å². The Morgan fingerprint density at radius 1 is 1.23 bits per heavy atom. The molecule has 1 saturated heterocycles. The predicted octanol–water partition coefficient (Wildman–Crippen LogP) is 2.34. The van der Waals surface area contributed by atoms with Crippen LogP contribution in [-0.4, -0.2) is 28.8 Å². The Kier molecular flexibility index (Phi) is 4.19. The summed E-state index contributed by atoms with van der Waals surface area (Å²) in [6.45, 7) is 4.63. The van der Waals surface area contributed by atoms with Crippen molar-refractivity contribution in [2.45, 2.75) is 51.7 Å². The van der Waals surface area contributed by atoms with Crippen LogP contribution >= 0.6 is 0 Å². The van der Waals surface area contributed by atoms with Crippen LogP contribution in [-0.2, 0) is 16.1 Å². The summed E-state index contributed by atoms with van der Waals surface area (Å²) in [5, 5.41) is 2.98. The molecule has 22 heavy (non-hydrogen) atoms. The zero-order valence-corrected chi connectivity index (χ0v) is 13.3. The average molecular weight is 300 g/mol. The van der Waals surface area contributed by atoms with Crippen LogP contribution in [0.1, 0.15) is 38.7 Å². The summed E-state index contributed by atoms with van der Waals surface area (Å²) in [6, 6.07) is 9.28. The van der Waals surface area contributed by atoms with E-state index in [0.29, 0.717) is 12.5 Å². The van der Waals surface area contributed by atoms with Crippen molar-refractivity contribution in [1.29, 1.82) is 0 Å². The summed E-state index contributed by atoms with van der Waals surface area (Å²) >= 11 is 0. The molecule has 0 bridgehead atoms. The van der Waals surface area contributed by atoms with Gasteiger partial charge in [-0.1, -0.05) is 50.6 Å². The number of hydrogen-bond acceptors (Lipinski definition) is 2.